The second-order valence-corrected chi connectivity index (χ2v) is 9.95. The molecule has 7 nitrogen and oxygen atoms in total. The van der Waals surface area contributed by atoms with Gasteiger partial charge >= 0.3 is 0 Å². The van der Waals surface area contributed by atoms with Crippen molar-refractivity contribution >= 4 is 17.5 Å². The average molecular weight is 516 g/mol. The minimum absolute atomic E-state index is 0.00331. The number of carbonyl (C=O) groups excluding carboxylic acids is 2. The molecule has 0 spiro atoms. The molecule has 1 fully saturated rings. The molecule has 0 radical (unpaired) electrons. The number of anilines is 1. The van der Waals surface area contributed by atoms with Crippen LogP contribution in [0.15, 0.2) is 60.7 Å². The molecule has 2 unspecified atom stereocenters. The lowest BCUT2D eigenvalue weighted by Crippen LogP contribution is -2.54. The summed E-state index contributed by atoms with van der Waals surface area (Å²) in [6, 6.07) is 17.7. The third kappa shape index (κ3) is 3.95. The van der Waals surface area contributed by atoms with Gasteiger partial charge in [0.2, 0.25) is 5.91 Å². The van der Waals surface area contributed by atoms with Crippen molar-refractivity contribution in [1.82, 2.24) is 9.80 Å². The summed E-state index contributed by atoms with van der Waals surface area (Å²) in [7, 11) is 3.10. The summed E-state index contributed by atoms with van der Waals surface area (Å²) in [6.45, 7) is 2.92. The first-order valence-electron chi connectivity index (χ1n) is 12.9. The average Bonchev–Trinajstić information content (AvgIpc) is 2.97. The highest BCUT2D eigenvalue weighted by Gasteiger charge is 2.48. The summed E-state index contributed by atoms with van der Waals surface area (Å²) in [6.07, 6.45) is 0.748. The van der Waals surface area contributed by atoms with Crippen LogP contribution in [0.25, 0.3) is 0 Å². The van der Waals surface area contributed by atoms with Gasteiger partial charge in [0.15, 0.2) is 11.5 Å². The van der Waals surface area contributed by atoms with Crippen LogP contribution in [0, 0.1) is 5.82 Å². The van der Waals surface area contributed by atoms with Crippen LogP contribution in [0.4, 0.5) is 10.1 Å². The van der Waals surface area contributed by atoms with E-state index in [-0.39, 0.29) is 23.7 Å². The number of hydrogen-bond donors (Lipinski definition) is 0. The minimum atomic E-state index is -0.568. The normalized spacial score (nSPS) is 20.4. The molecule has 0 saturated carbocycles. The third-order valence-electron chi connectivity index (χ3n) is 8.08. The van der Waals surface area contributed by atoms with Crippen LogP contribution in [0.5, 0.6) is 11.5 Å². The predicted octanol–water partition coefficient (Wildman–Crippen LogP) is 4.03. The van der Waals surface area contributed by atoms with E-state index in [4.69, 9.17) is 9.47 Å². The highest BCUT2D eigenvalue weighted by molar-refractivity contribution is 6.02. The maximum atomic E-state index is 14.4. The third-order valence-corrected chi connectivity index (χ3v) is 8.08. The van der Waals surface area contributed by atoms with Crippen molar-refractivity contribution in [2.75, 3.05) is 51.8 Å². The number of halogens is 1. The van der Waals surface area contributed by atoms with E-state index < -0.39 is 5.92 Å². The largest absolute Gasteiger partial charge is 0.493 e. The zero-order chi connectivity index (χ0) is 26.4. The molecule has 38 heavy (non-hydrogen) atoms. The van der Waals surface area contributed by atoms with Gasteiger partial charge in [-0.25, -0.2) is 4.39 Å². The molecule has 3 heterocycles. The molecule has 0 aliphatic carbocycles. The Labute approximate surface area is 221 Å². The predicted molar refractivity (Wildman–Crippen MR) is 141 cm³/mol. The Morgan fingerprint density at radius 1 is 0.868 bits per heavy atom. The number of piperazine rings is 1. The van der Waals surface area contributed by atoms with Gasteiger partial charge in [0.05, 0.1) is 26.2 Å². The molecule has 3 aliphatic heterocycles. The lowest BCUT2D eigenvalue weighted by Gasteiger charge is -2.47. The molecule has 196 valence electrons. The van der Waals surface area contributed by atoms with Crippen LogP contribution in [0.3, 0.4) is 0 Å². The number of methoxy groups -OCH3 is 2. The van der Waals surface area contributed by atoms with Gasteiger partial charge < -0.3 is 24.2 Å². The summed E-state index contributed by atoms with van der Waals surface area (Å²) in [5.41, 5.74) is 4.30. The van der Waals surface area contributed by atoms with Crippen LogP contribution < -0.4 is 14.4 Å². The first kappa shape index (κ1) is 24.3. The van der Waals surface area contributed by atoms with Crippen LogP contribution >= 0.6 is 0 Å². The number of nitrogens with zero attached hydrogens (tertiary/aromatic N) is 3. The van der Waals surface area contributed by atoms with Crippen LogP contribution in [-0.2, 0) is 11.2 Å². The van der Waals surface area contributed by atoms with Crippen LogP contribution in [0.1, 0.15) is 39.0 Å². The second-order valence-electron chi connectivity index (χ2n) is 9.95. The van der Waals surface area contributed by atoms with Gasteiger partial charge in [-0.2, -0.15) is 0 Å². The van der Waals surface area contributed by atoms with Gasteiger partial charge in [0.25, 0.3) is 5.91 Å². The fraction of sp³-hybridized carbons (Fsp3) is 0.333. The van der Waals surface area contributed by atoms with Gasteiger partial charge in [-0.1, -0.05) is 24.3 Å². The second kappa shape index (κ2) is 9.67. The molecular weight excluding hydrogens is 485 g/mol. The fourth-order valence-corrected chi connectivity index (χ4v) is 6.15. The molecule has 0 N–H and O–H groups in total. The Hall–Kier alpha value is -4.07. The van der Waals surface area contributed by atoms with E-state index in [1.165, 1.54) is 17.7 Å². The van der Waals surface area contributed by atoms with E-state index in [1.807, 2.05) is 28.0 Å². The molecule has 3 aromatic carbocycles. The summed E-state index contributed by atoms with van der Waals surface area (Å²) in [5.74, 6) is 0.0333. The molecular formula is C30H30FN3O4. The molecule has 3 aromatic rings. The van der Waals surface area contributed by atoms with Crippen molar-refractivity contribution < 1.29 is 23.5 Å². The van der Waals surface area contributed by atoms with Crippen molar-refractivity contribution in [2.45, 2.75) is 18.4 Å². The van der Waals surface area contributed by atoms with Gasteiger partial charge in [-0.15, -0.1) is 0 Å². The summed E-state index contributed by atoms with van der Waals surface area (Å²) >= 11 is 0. The maximum absolute atomic E-state index is 14.4. The zero-order valence-corrected chi connectivity index (χ0v) is 21.5. The van der Waals surface area contributed by atoms with Crippen LogP contribution in [-0.4, -0.2) is 68.6 Å². The molecule has 6 rings (SSSR count). The maximum Gasteiger partial charge on any atom is 0.254 e. The zero-order valence-electron chi connectivity index (χ0n) is 21.5. The molecule has 0 bridgehead atoms. The topological polar surface area (TPSA) is 62.3 Å². The molecule has 0 aromatic heterocycles. The van der Waals surface area contributed by atoms with Crippen molar-refractivity contribution in [3.05, 3.63) is 88.7 Å². The number of carbonyl (C=O) groups is 2. The lowest BCUT2D eigenvalue weighted by molar-refractivity contribution is -0.135. The van der Waals surface area contributed by atoms with E-state index in [0.29, 0.717) is 55.3 Å². The number of hydrogen-bond acceptors (Lipinski definition) is 5. The number of benzene rings is 3. The monoisotopic (exact) mass is 515 g/mol. The van der Waals surface area contributed by atoms with E-state index in [1.54, 1.807) is 38.5 Å². The molecule has 2 amide bonds. The molecule has 1 saturated heterocycles. The van der Waals surface area contributed by atoms with E-state index in [9.17, 15) is 14.0 Å². The lowest BCUT2D eigenvalue weighted by atomic mass is 9.75. The summed E-state index contributed by atoms with van der Waals surface area (Å²) in [5, 5.41) is 0. The summed E-state index contributed by atoms with van der Waals surface area (Å²) < 4.78 is 24.5. The Balaban J connectivity index is 1.38. The highest BCUT2D eigenvalue weighted by atomic mass is 19.1. The molecule has 3 aliphatic rings. The van der Waals surface area contributed by atoms with Crippen molar-refractivity contribution in [3.8, 4) is 11.5 Å². The van der Waals surface area contributed by atoms with E-state index >= 15 is 0 Å². The Kier molecular flexibility index (Phi) is 6.18. The van der Waals surface area contributed by atoms with Gasteiger partial charge in [0, 0.05) is 44.0 Å². The number of ether oxygens (including phenoxy) is 2. The van der Waals surface area contributed by atoms with Gasteiger partial charge in [-0.3, -0.25) is 9.59 Å². The standard InChI is InChI=1S/C30H30FN3O4/c1-37-25-17-23-24(18-26(25)38-2)29(35)34-12-11-19-5-3-4-6-22(19)28(34)27(23)30(36)33-15-13-32(14-16-33)21-9-7-20(31)8-10-21/h3-10,17-18,27-28H,11-16H2,1-2H3. The quantitative estimate of drug-likeness (QED) is 0.525. The van der Waals surface area contributed by atoms with Crippen molar-refractivity contribution in [3.63, 3.8) is 0 Å². The Morgan fingerprint density at radius 2 is 1.55 bits per heavy atom. The van der Waals surface area contributed by atoms with E-state index in [0.717, 1.165) is 17.7 Å². The van der Waals surface area contributed by atoms with Crippen molar-refractivity contribution in [2.24, 2.45) is 0 Å². The first-order valence-corrected chi connectivity index (χ1v) is 12.9. The number of rotatable bonds is 4. The fourth-order valence-electron chi connectivity index (χ4n) is 6.15. The summed E-state index contributed by atoms with van der Waals surface area (Å²) in [4.78, 5) is 34.1. The first-order chi connectivity index (χ1) is 18.5. The van der Waals surface area contributed by atoms with Crippen molar-refractivity contribution in [1.29, 1.82) is 0 Å². The molecule has 2 atom stereocenters. The Bertz CT molecular complexity index is 1380. The molecule has 8 heteroatoms. The minimum Gasteiger partial charge on any atom is -0.493 e. The Morgan fingerprint density at radius 3 is 2.26 bits per heavy atom. The van der Waals surface area contributed by atoms with Gasteiger partial charge in [0.1, 0.15) is 5.82 Å². The van der Waals surface area contributed by atoms with E-state index in [2.05, 4.69) is 11.0 Å². The SMILES string of the molecule is COc1cc2c(cc1OC)C(C(=O)N1CCN(c3ccc(F)cc3)CC1)C1c3ccccc3CCN1C2=O. The number of fused-ring (bicyclic) bond motifs is 4. The highest BCUT2D eigenvalue weighted by Crippen LogP contribution is 2.49. The smallest absolute Gasteiger partial charge is 0.254 e. The van der Waals surface area contributed by atoms with Crippen LogP contribution in [0.2, 0.25) is 0 Å². The van der Waals surface area contributed by atoms with Gasteiger partial charge in [-0.05, 0) is 59.5 Å². The number of amides is 2.